The quantitative estimate of drug-likeness (QED) is 0.863. The Hall–Kier alpha value is -1.46. The molecular formula is C17H19NO2S2. The molecule has 0 saturated heterocycles. The van der Waals surface area contributed by atoms with Gasteiger partial charge in [-0.1, -0.05) is 29.8 Å². The average molecular weight is 333 g/mol. The van der Waals surface area contributed by atoms with Crippen molar-refractivity contribution < 1.29 is 9.00 Å². The number of hydrogen-bond donors (Lipinski definition) is 0. The highest BCUT2D eigenvalue weighted by Gasteiger charge is 2.22. The second-order valence-corrected chi connectivity index (χ2v) is 8.11. The van der Waals surface area contributed by atoms with Crippen LogP contribution >= 0.6 is 11.3 Å². The maximum atomic E-state index is 12.3. The second kappa shape index (κ2) is 6.75. The molecule has 5 heteroatoms. The van der Waals surface area contributed by atoms with Crippen LogP contribution in [0, 0.1) is 6.92 Å². The molecule has 3 rings (SSSR count). The zero-order chi connectivity index (χ0) is 15.5. The van der Waals surface area contributed by atoms with Crippen LogP contribution in [-0.2, 0) is 34.3 Å². The molecule has 1 aromatic carbocycles. The number of carbonyl (C=O) groups is 1. The van der Waals surface area contributed by atoms with Crippen LogP contribution < -0.4 is 0 Å². The highest BCUT2D eigenvalue weighted by Crippen LogP contribution is 2.24. The molecule has 0 unspecified atom stereocenters. The van der Waals surface area contributed by atoms with Gasteiger partial charge in [0.2, 0.25) is 5.91 Å². The molecule has 1 aliphatic heterocycles. The van der Waals surface area contributed by atoms with Crippen molar-refractivity contribution in [1.29, 1.82) is 0 Å². The summed E-state index contributed by atoms with van der Waals surface area (Å²) in [6.07, 6.45) is 0.920. The summed E-state index contributed by atoms with van der Waals surface area (Å²) in [6, 6.07) is 10.1. The summed E-state index contributed by atoms with van der Waals surface area (Å²) in [4.78, 5) is 15.5. The largest absolute Gasteiger partial charge is 0.337 e. The first kappa shape index (κ1) is 15.4. The van der Waals surface area contributed by atoms with Crippen molar-refractivity contribution in [2.24, 2.45) is 0 Å². The smallest absolute Gasteiger partial charge is 0.235 e. The van der Waals surface area contributed by atoms with Gasteiger partial charge in [0, 0.05) is 34.5 Å². The molecule has 0 aliphatic carbocycles. The lowest BCUT2D eigenvalue weighted by molar-refractivity contribution is -0.129. The minimum Gasteiger partial charge on any atom is -0.337 e. The minimum atomic E-state index is -1.15. The first-order valence-electron chi connectivity index (χ1n) is 7.35. The van der Waals surface area contributed by atoms with Gasteiger partial charge in [0.1, 0.15) is 5.75 Å². The highest BCUT2D eigenvalue weighted by atomic mass is 32.2. The fourth-order valence-electron chi connectivity index (χ4n) is 2.73. The van der Waals surface area contributed by atoms with Gasteiger partial charge in [0.05, 0.1) is 0 Å². The number of amides is 1. The SMILES string of the molecule is Cc1cccc(C[S@](=O)CC(=O)N2CCc3sccc3C2)c1. The van der Waals surface area contributed by atoms with Crippen LogP contribution in [-0.4, -0.2) is 27.3 Å². The van der Waals surface area contributed by atoms with Crippen LogP contribution in [0.5, 0.6) is 0 Å². The summed E-state index contributed by atoms with van der Waals surface area (Å²) in [5.74, 6) is 0.570. The molecule has 2 heterocycles. The van der Waals surface area contributed by atoms with Crippen molar-refractivity contribution >= 4 is 28.0 Å². The van der Waals surface area contributed by atoms with Gasteiger partial charge < -0.3 is 4.90 Å². The topological polar surface area (TPSA) is 37.4 Å². The maximum Gasteiger partial charge on any atom is 0.235 e. The van der Waals surface area contributed by atoms with Crippen molar-refractivity contribution in [2.75, 3.05) is 12.3 Å². The molecule has 22 heavy (non-hydrogen) atoms. The molecule has 0 N–H and O–H groups in total. The van der Waals surface area contributed by atoms with Crippen molar-refractivity contribution in [3.8, 4) is 0 Å². The lowest BCUT2D eigenvalue weighted by atomic mass is 10.1. The number of benzene rings is 1. The Kier molecular flexibility index (Phi) is 4.74. The number of rotatable bonds is 4. The number of aryl methyl sites for hydroxylation is 1. The maximum absolute atomic E-state index is 12.3. The van der Waals surface area contributed by atoms with E-state index in [1.807, 2.05) is 36.1 Å². The molecule has 0 bridgehead atoms. The third kappa shape index (κ3) is 3.65. The van der Waals surface area contributed by atoms with Crippen molar-refractivity contribution in [1.82, 2.24) is 4.90 Å². The second-order valence-electron chi connectivity index (χ2n) is 5.65. The van der Waals surface area contributed by atoms with Gasteiger partial charge in [0.25, 0.3) is 0 Å². The van der Waals surface area contributed by atoms with E-state index in [0.717, 1.165) is 24.1 Å². The molecule has 2 aromatic rings. The Labute approximate surface area is 137 Å². The summed E-state index contributed by atoms with van der Waals surface area (Å²) in [5.41, 5.74) is 3.43. The molecule has 0 fully saturated rings. The average Bonchev–Trinajstić information content (AvgIpc) is 2.94. The summed E-state index contributed by atoms with van der Waals surface area (Å²) in [7, 11) is -1.15. The van der Waals surface area contributed by atoms with Gasteiger partial charge in [-0.2, -0.15) is 0 Å². The predicted octanol–water partition coefficient (Wildman–Crippen LogP) is 2.89. The number of nitrogens with zero attached hydrogens (tertiary/aromatic N) is 1. The Balaban J connectivity index is 1.57. The number of fused-ring (bicyclic) bond motifs is 1. The molecule has 0 radical (unpaired) electrons. The Morgan fingerprint density at radius 1 is 1.36 bits per heavy atom. The molecular weight excluding hydrogens is 314 g/mol. The van der Waals surface area contributed by atoms with E-state index < -0.39 is 10.8 Å². The lowest BCUT2D eigenvalue weighted by Crippen LogP contribution is -2.38. The first-order chi connectivity index (χ1) is 10.6. The van der Waals surface area contributed by atoms with E-state index in [0.29, 0.717) is 12.3 Å². The number of carbonyl (C=O) groups excluding carboxylic acids is 1. The van der Waals surface area contributed by atoms with Crippen molar-refractivity contribution in [3.05, 3.63) is 57.3 Å². The van der Waals surface area contributed by atoms with Gasteiger partial charge in [-0.3, -0.25) is 9.00 Å². The van der Waals surface area contributed by atoms with Crippen LogP contribution in [0.4, 0.5) is 0 Å². The fourth-order valence-corrected chi connectivity index (χ4v) is 4.73. The third-order valence-corrected chi connectivity index (χ3v) is 6.10. The highest BCUT2D eigenvalue weighted by molar-refractivity contribution is 7.84. The van der Waals surface area contributed by atoms with Crippen LogP contribution in [0.2, 0.25) is 0 Å². The fraction of sp³-hybridized carbons (Fsp3) is 0.353. The van der Waals surface area contributed by atoms with E-state index in [1.165, 1.54) is 10.4 Å². The predicted molar refractivity (Wildman–Crippen MR) is 91.3 cm³/mol. The van der Waals surface area contributed by atoms with E-state index in [-0.39, 0.29) is 11.7 Å². The van der Waals surface area contributed by atoms with Gasteiger partial charge >= 0.3 is 0 Å². The van der Waals surface area contributed by atoms with Crippen molar-refractivity contribution in [3.63, 3.8) is 0 Å². The van der Waals surface area contributed by atoms with Gasteiger partial charge in [0.15, 0.2) is 0 Å². The molecule has 1 atom stereocenters. The summed E-state index contributed by atoms with van der Waals surface area (Å²) < 4.78 is 12.2. The zero-order valence-electron chi connectivity index (χ0n) is 12.6. The lowest BCUT2D eigenvalue weighted by Gasteiger charge is -2.26. The Morgan fingerprint density at radius 3 is 3.05 bits per heavy atom. The molecule has 116 valence electrons. The molecule has 3 nitrogen and oxygen atoms in total. The van der Waals surface area contributed by atoms with E-state index in [4.69, 9.17) is 0 Å². The van der Waals surface area contributed by atoms with E-state index in [1.54, 1.807) is 11.3 Å². The van der Waals surface area contributed by atoms with Crippen LogP contribution in [0.3, 0.4) is 0 Å². The van der Waals surface area contributed by atoms with Gasteiger partial charge in [-0.15, -0.1) is 11.3 Å². The van der Waals surface area contributed by atoms with Gasteiger partial charge in [-0.25, -0.2) is 0 Å². The monoisotopic (exact) mass is 333 g/mol. The standard InChI is InChI=1S/C17H19NO2S2/c1-13-3-2-4-14(9-13)11-22(20)12-17(19)18-7-5-16-15(10-18)6-8-21-16/h2-4,6,8-9H,5,7,10-12H2,1H3/t22-/m0/s1. The van der Waals surface area contributed by atoms with Crippen LogP contribution in [0.15, 0.2) is 35.7 Å². The zero-order valence-corrected chi connectivity index (χ0v) is 14.2. The number of thiophene rings is 1. The van der Waals surface area contributed by atoms with E-state index in [9.17, 15) is 9.00 Å². The normalized spacial score (nSPS) is 15.4. The number of hydrogen-bond acceptors (Lipinski definition) is 3. The summed E-state index contributed by atoms with van der Waals surface area (Å²) in [6.45, 7) is 3.43. The van der Waals surface area contributed by atoms with E-state index >= 15 is 0 Å². The molecule has 0 spiro atoms. The Morgan fingerprint density at radius 2 is 2.23 bits per heavy atom. The van der Waals surface area contributed by atoms with E-state index in [2.05, 4.69) is 11.4 Å². The molecule has 0 saturated carbocycles. The first-order valence-corrected chi connectivity index (χ1v) is 9.72. The van der Waals surface area contributed by atoms with Crippen LogP contribution in [0.1, 0.15) is 21.6 Å². The van der Waals surface area contributed by atoms with Gasteiger partial charge in [-0.05, 0) is 35.9 Å². The Bertz CT molecular complexity index is 708. The minimum absolute atomic E-state index is 0.00263. The van der Waals surface area contributed by atoms with Crippen molar-refractivity contribution in [2.45, 2.75) is 25.6 Å². The third-order valence-electron chi connectivity index (χ3n) is 3.85. The molecule has 1 aromatic heterocycles. The molecule has 1 aliphatic rings. The summed E-state index contributed by atoms with van der Waals surface area (Å²) >= 11 is 1.76. The molecule has 1 amide bonds. The van der Waals surface area contributed by atoms with Crippen LogP contribution in [0.25, 0.3) is 0 Å². The summed E-state index contributed by atoms with van der Waals surface area (Å²) in [5, 5.41) is 2.08.